The van der Waals surface area contributed by atoms with E-state index >= 15 is 0 Å². The molecule has 2 aromatic heterocycles. The van der Waals surface area contributed by atoms with Crippen LogP contribution in [0.3, 0.4) is 0 Å². The summed E-state index contributed by atoms with van der Waals surface area (Å²) in [6.45, 7) is -0.221. The van der Waals surface area contributed by atoms with E-state index < -0.39 is 18.4 Å². The van der Waals surface area contributed by atoms with Crippen LogP contribution in [0.5, 0.6) is 0 Å². The molecular formula is C10H13N5O3. The van der Waals surface area contributed by atoms with Crippen molar-refractivity contribution in [2.75, 3.05) is 12.3 Å². The fraction of sp³-hybridized carbons (Fsp3) is 0.500. The lowest BCUT2D eigenvalue weighted by Crippen LogP contribution is -2.24. The fourth-order valence-corrected chi connectivity index (χ4v) is 2.13. The van der Waals surface area contributed by atoms with Gasteiger partial charge in [0.2, 0.25) is 0 Å². The van der Waals surface area contributed by atoms with Crippen LogP contribution >= 0.6 is 0 Å². The van der Waals surface area contributed by atoms with E-state index in [9.17, 15) is 5.11 Å². The Morgan fingerprint density at radius 2 is 2.28 bits per heavy atom. The van der Waals surface area contributed by atoms with Crippen molar-refractivity contribution in [3.63, 3.8) is 0 Å². The topological polar surface area (TPSA) is 119 Å². The molecule has 3 rings (SSSR count). The van der Waals surface area contributed by atoms with Gasteiger partial charge in [0.25, 0.3) is 0 Å². The molecule has 1 aliphatic heterocycles. The molecule has 1 aliphatic rings. The maximum atomic E-state index is 9.71. The molecule has 4 N–H and O–H groups in total. The average Bonchev–Trinajstić information content (AvgIpc) is 2.93. The summed E-state index contributed by atoms with van der Waals surface area (Å²) in [5, 5.41) is 18.8. The molecule has 0 unspecified atom stereocenters. The summed E-state index contributed by atoms with van der Waals surface area (Å²) in [5.74, 6) is 0.302. The highest BCUT2D eigenvalue weighted by atomic mass is 16.5. The van der Waals surface area contributed by atoms with Gasteiger partial charge in [-0.05, 0) is 0 Å². The van der Waals surface area contributed by atoms with Crippen molar-refractivity contribution in [2.24, 2.45) is 0 Å². The smallest absolute Gasteiger partial charge is 0.167 e. The number of hydrogen-bond donors (Lipinski definition) is 3. The number of nitrogens with two attached hydrogens (primary N) is 1. The lowest BCUT2D eigenvalue weighted by Gasteiger charge is -2.13. The van der Waals surface area contributed by atoms with Gasteiger partial charge in [-0.2, -0.15) is 0 Å². The van der Waals surface area contributed by atoms with Crippen LogP contribution in [-0.2, 0) is 4.74 Å². The third-order valence-corrected chi connectivity index (χ3v) is 3.08. The second kappa shape index (κ2) is 4.16. The van der Waals surface area contributed by atoms with Gasteiger partial charge in [0.05, 0.1) is 19.0 Å². The molecule has 0 aromatic carbocycles. The Balaban J connectivity index is 1.99. The summed E-state index contributed by atoms with van der Waals surface area (Å²) in [5.41, 5.74) is 6.75. The highest BCUT2D eigenvalue weighted by molar-refractivity contribution is 5.81. The van der Waals surface area contributed by atoms with Crippen LogP contribution in [-0.4, -0.2) is 48.5 Å². The van der Waals surface area contributed by atoms with Crippen LogP contribution in [0.2, 0.25) is 0 Å². The van der Waals surface area contributed by atoms with Crippen LogP contribution in [0.1, 0.15) is 12.6 Å². The quantitative estimate of drug-likeness (QED) is 0.630. The minimum Gasteiger partial charge on any atom is -0.394 e. The molecule has 96 valence electrons. The van der Waals surface area contributed by atoms with Crippen molar-refractivity contribution in [2.45, 2.75) is 24.9 Å². The molecule has 8 nitrogen and oxygen atoms in total. The average molecular weight is 252 g/mol. The number of aliphatic hydroxyl groups is 2. The van der Waals surface area contributed by atoms with Crippen LogP contribution in [0.4, 0.5) is 5.82 Å². The molecule has 0 amide bonds. The van der Waals surface area contributed by atoms with Gasteiger partial charge >= 0.3 is 0 Å². The maximum absolute atomic E-state index is 9.71. The van der Waals surface area contributed by atoms with Gasteiger partial charge in [-0.25, -0.2) is 15.0 Å². The van der Waals surface area contributed by atoms with E-state index in [4.69, 9.17) is 15.6 Å². The molecule has 0 saturated carbocycles. The molecule has 0 radical (unpaired) electrons. The van der Waals surface area contributed by atoms with Gasteiger partial charge in [-0.3, -0.25) is 4.57 Å². The number of aromatic nitrogens is 4. The van der Waals surface area contributed by atoms with Crippen molar-refractivity contribution >= 4 is 17.0 Å². The van der Waals surface area contributed by atoms with Crippen LogP contribution in [0.15, 0.2) is 12.7 Å². The Morgan fingerprint density at radius 3 is 3.00 bits per heavy atom. The second-order valence-corrected chi connectivity index (χ2v) is 4.20. The molecule has 3 atom stereocenters. The Hall–Kier alpha value is -1.77. The summed E-state index contributed by atoms with van der Waals surface area (Å²) >= 11 is 0. The summed E-state index contributed by atoms with van der Waals surface area (Å²) in [6, 6.07) is 0. The van der Waals surface area contributed by atoms with Crippen LogP contribution in [0, 0.1) is 0 Å². The summed E-state index contributed by atoms with van der Waals surface area (Å²) in [4.78, 5) is 12.1. The lowest BCUT2D eigenvalue weighted by atomic mass is 10.2. The van der Waals surface area contributed by atoms with E-state index in [0.29, 0.717) is 23.4 Å². The van der Waals surface area contributed by atoms with Gasteiger partial charge in [0.1, 0.15) is 24.2 Å². The van der Waals surface area contributed by atoms with Gasteiger partial charge in [0.15, 0.2) is 11.5 Å². The van der Waals surface area contributed by atoms with Crippen molar-refractivity contribution in [3.05, 3.63) is 12.7 Å². The normalized spacial score (nSPS) is 28.0. The summed E-state index contributed by atoms with van der Waals surface area (Å²) in [7, 11) is 0. The number of aliphatic hydroxyl groups excluding tert-OH is 2. The molecule has 18 heavy (non-hydrogen) atoms. The molecule has 0 spiro atoms. The number of anilines is 1. The van der Waals surface area contributed by atoms with E-state index in [2.05, 4.69) is 15.0 Å². The minimum absolute atomic E-state index is 0.221. The number of rotatable bonds is 2. The standard InChI is InChI=1S/C10H13N5O3/c11-9-8-10(13-3-12-9)15(4-14-8)7-1-5(17)6(2-16)18-7/h3-7,16-17H,1-2H2,(H2,11,12,13)/t5-,6+,7+/m0/s1/i4+1. The minimum atomic E-state index is -0.698. The van der Waals surface area contributed by atoms with E-state index in [0.717, 1.165) is 0 Å². The maximum Gasteiger partial charge on any atom is 0.167 e. The van der Waals surface area contributed by atoms with Crippen LogP contribution < -0.4 is 5.73 Å². The predicted octanol–water partition coefficient (Wildman–Crippen LogP) is -0.951. The first-order chi connectivity index (χ1) is 8.70. The van der Waals surface area contributed by atoms with Gasteiger partial charge in [0, 0.05) is 6.42 Å². The summed E-state index contributed by atoms with van der Waals surface area (Å²) in [6.07, 6.45) is 1.60. The number of ether oxygens (including phenoxy) is 1. The molecule has 3 heterocycles. The largest absolute Gasteiger partial charge is 0.394 e. The summed E-state index contributed by atoms with van der Waals surface area (Å²) < 4.78 is 7.22. The van der Waals surface area contributed by atoms with Crippen molar-refractivity contribution in [1.29, 1.82) is 0 Å². The van der Waals surface area contributed by atoms with Crippen molar-refractivity contribution < 1.29 is 14.9 Å². The zero-order valence-corrected chi connectivity index (χ0v) is 9.47. The molecule has 2 aromatic rings. The number of nitrogens with zero attached hydrogens (tertiary/aromatic N) is 4. The highest BCUT2D eigenvalue weighted by Gasteiger charge is 2.35. The first-order valence-corrected chi connectivity index (χ1v) is 5.58. The number of imidazole rings is 1. The lowest BCUT2D eigenvalue weighted by molar-refractivity contribution is -0.0432. The number of nitrogen functional groups attached to an aromatic ring is 1. The van der Waals surface area contributed by atoms with E-state index in [-0.39, 0.29) is 6.61 Å². The first-order valence-electron chi connectivity index (χ1n) is 5.58. The Morgan fingerprint density at radius 1 is 1.44 bits per heavy atom. The Bertz CT molecular complexity index is 572. The zero-order chi connectivity index (χ0) is 12.7. The fourth-order valence-electron chi connectivity index (χ4n) is 2.13. The van der Waals surface area contributed by atoms with Crippen molar-refractivity contribution in [1.82, 2.24) is 19.5 Å². The third-order valence-electron chi connectivity index (χ3n) is 3.08. The van der Waals surface area contributed by atoms with Gasteiger partial charge in [-0.1, -0.05) is 0 Å². The van der Waals surface area contributed by atoms with E-state index in [1.54, 1.807) is 10.9 Å². The van der Waals surface area contributed by atoms with Gasteiger partial charge < -0.3 is 20.7 Å². The number of fused-ring (bicyclic) bond motifs is 1. The molecule has 1 fully saturated rings. The number of hydrogen-bond acceptors (Lipinski definition) is 7. The highest BCUT2D eigenvalue weighted by Crippen LogP contribution is 2.30. The SMILES string of the molecule is Nc1ncnc2c1n[13cH]n2[C@H]1C[C@H](O)[C@@H](CO)O1. The molecule has 8 heteroatoms. The van der Waals surface area contributed by atoms with Crippen LogP contribution in [0.25, 0.3) is 11.2 Å². The monoisotopic (exact) mass is 252 g/mol. The van der Waals surface area contributed by atoms with Gasteiger partial charge in [-0.15, -0.1) is 0 Å². The molecule has 0 aliphatic carbocycles. The Kier molecular flexibility index (Phi) is 2.62. The van der Waals surface area contributed by atoms with E-state index in [1.165, 1.54) is 6.33 Å². The predicted molar refractivity (Wildman–Crippen MR) is 61.4 cm³/mol. The first kappa shape index (κ1) is 11.3. The molecule has 1 saturated heterocycles. The second-order valence-electron chi connectivity index (χ2n) is 4.20. The Labute approximate surface area is 102 Å². The van der Waals surface area contributed by atoms with E-state index in [1.807, 2.05) is 0 Å². The van der Waals surface area contributed by atoms with Crippen molar-refractivity contribution in [3.8, 4) is 0 Å². The molecule has 0 bridgehead atoms. The zero-order valence-electron chi connectivity index (χ0n) is 9.47. The molecular weight excluding hydrogens is 239 g/mol. The third kappa shape index (κ3) is 1.62.